The molecule has 12 heteroatoms. The van der Waals surface area contributed by atoms with Crippen LogP contribution in [-0.4, -0.2) is 96.2 Å². The van der Waals surface area contributed by atoms with Crippen molar-refractivity contribution in [3.8, 4) is 0 Å². The van der Waals surface area contributed by atoms with Crippen LogP contribution in [0.1, 0.15) is 6.92 Å². The Morgan fingerprint density at radius 2 is 0.969 bits per heavy atom. The van der Waals surface area contributed by atoms with Crippen LogP contribution < -0.4 is 0 Å². The van der Waals surface area contributed by atoms with Crippen molar-refractivity contribution in [2.75, 3.05) is 46.8 Å². The second-order valence-electron chi connectivity index (χ2n) is 4.57. The molecule has 0 amide bonds. The van der Waals surface area contributed by atoms with Crippen LogP contribution in [0.2, 0.25) is 0 Å². The van der Waals surface area contributed by atoms with Gasteiger partial charge in [0.2, 0.25) is 0 Å². The Hall–Kier alpha value is -3.32. The molecule has 0 fully saturated rings. The maximum atomic E-state index is 10.2. The molecule has 0 spiro atoms. The number of methoxy groups -OCH3 is 1. The van der Waals surface area contributed by atoms with Gasteiger partial charge >= 0.3 is 23.9 Å². The lowest BCUT2D eigenvalue weighted by molar-refractivity contribution is -0.136. The Morgan fingerprint density at radius 1 is 0.719 bits per heavy atom. The van der Waals surface area contributed by atoms with Gasteiger partial charge in [-0.1, -0.05) is 26.3 Å². The topological polar surface area (TPSA) is 197 Å². The minimum absolute atomic E-state index is 0.0417. The van der Waals surface area contributed by atoms with Gasteiger partial charge in [0.05, 0.1) is 46.8 Å². The van der Waals surface area contributed by atoms with Crippen molar-refractivity contribution < 1.29 is 58.9 Å². The zero-order chi connectivity index (χ0) is 26.4. The summed E-state index contributed by atoms with van der Waals surface area (Å²) < 4.78 is 14.0. The number of carbonyl (C=O) groups is 4. The largest absolute Gasteiger partial charge is 0.478 e. The molecule has 12 nitrogen and oxygen atoms in total. The van der Waals surface area contributed by atoms with Gasteiger partial charge in [-0.3, -0.25) is 0 Å². The number of rotatable bonds is 11. The fourth-order valence-corrected chi connectivity index (χ4v) is 0.625. The third-order valence-electron chi connectivity index (χ3n) is 1.90. The number of carboxylic acids is 3. The summed E-state index contributed by atoms with van der Waals surface area (Å²) in [5.74, 6) is -3.29. The van der Waals surface area contributed by atoms with E-state index in [1.54, 1.807) is 6.92 Å². The van der Waals surface area contributed by atoms with E-state index in [0.717, 1.165) is 18.2 Å². The summed E-state index contributed by atoms with van der Waals surface area (Å²) in [6, 6.07) is 0. The summed E-state index contributed by atoms with van der Waals surface area (Å²) in [6.07, 6.45) is 2.50. The molecule has 186 valence electrons. The van der Waals surface area contributed by atoms with Crippen LogP contribution in [0.25, 0.3) is 0 Å². The Morgan fingerprint density at radius 3 is 1.06 bits per heavy atom. The van der Waals surface area contributed by atoms with Crippen LogP contribution in [0.4, 0.5) is 0 Å². The van der Waals surface area contributed by atoms with Gasteiger partial charge < -0.3 is 39.7 Å². The van der Waals surface area contributed by atoms with E-state index in [-0.39, 0.29) is 19.2 Å². The van der Waals surface area contributed by atoms with Gasteiger partial charge in [0.25, 0.3) is 0 Å². The quantitative estimate of drug-likeness (QED) is 0.161. The van der Waals surface area contributed by atoms with Gasteiger partial charge in [-0.25, -0.2) is 19.2 Å². The summed E-state index contributed by atoms with van der Waals surface area (Å²) in [5.41, 5.74) is 0.433. The van der Waals surface area contributed by atoms with Gasteiger partial charge in [0.1, 0.15) is 0 Å². The number of carboxylic acid groups (broad SMARTS) is 3. The lowest BCUT2D eigenvalue weighted by Crippen LogP contribution is -2.09. The molecule has 0 saturated heterocycles. The molecule has 0 atom stereocenters. The van der Waals surface area contributed by atoms with Gasteiger partial charge in [0.15, 0.2) is 0 Å². The maximum Gasteiger partial charge on any atom is 0.332 e. The molecule has 0 aliphatic carbocycles. The van der Waals surface area contributed by atoms with E-state index < -0.39 is 17.9 Å². The predicted molar refractivity (Wildman–Crippen MR) is 116 cm³/mol. The van der Waals surface area contributed by atoms with E-state index in [1.165, 1.54) is 7.11 Å². The Labute approximate surface area is 187 Å². The molecule has 0 unspecified atom stereocenters. The predicted octanol–water partition coefficient (Wildman–Crippen LogP) is 0.511. The summed E-state index contributed by atoms with van der Waals surface area (Å²) in [6.45, 7) is 15.6. The molecule has 0 aliphatic rings. The number of hydrogen-bond acceptors (Lipinski definition) is 9. The summed E-state index contributed by atoms with van der Waals surface area (Å²) in [7, 11) is 1.33. The van der Waals surface area contributed by atoms with Crippen LogP contribution in [-0.2, 0) is 33.4 Å². The van der Waals surface area contributed by atoms with Gasteiger partial charge in [-0.2, -0.15) is 0 Å². The van der Waals surface area contributed by atoms with Crippen LogP contribution in [0.15, 0.2) is 50.1 Å². The molecule has 0 aliphatic heterocycles. The number of aliphatic hydroxyl groups excluding tert-OH is 2. The summed E-state index contributed by atoms with van der Waals surface area (Å²) >= 11 is 0. The Kier molecular flexibility index (Phi) is 43.0. The molecule has 0 bridgehead atoms. The third-order valence-corrected chi connectivity index (χ3v) is 1.90. The molecule has 0 aromatic rings. The molecular weight excluding hydrogens is 432 g/mol. The summed E-state index contributed by atoms with van der Waals surface area (Å²) in [4.78, 5) is 37.9. The molecule has 0 aromatic heterocycles. The first-order valence-corrected chi connectivity index (χ1v) is 8.58. The van der Waals surface area contributed by atoms with E-state index in [4.69, 9.17) is 35.0 Å². The maximum absolute atomic E-state index is 10.2. The van der Waals surface area contributed by atoms with Gasteiger partial charge in [-0.15, -0.1) is 0 Å². The third kappa shape index (κ3) is 71.6. The molecule has 0 rings (SSSR count). The number of aliphatic hydroxyl groups is 2. The first-order chi connectivity index (χ1) is 14.9. The molecule has 0 aromatic carbocycles. The fourth-order valence-electron chi connectivity index (χ4n) is 0.625. The molecule has 32 heavy (non-hydrogen) atoms. The van der Waals surface area contributed by atoms with Crippen LogP contribution >= 0.6 is 0 Å². The average Bonchev–Trinajstić information content (AvgIpc) is 2.77. The average molecular weight is 466 g/mol. The fraction of sp³-hybridized carbons (Fsp3) is 0.400. The highest BCUT2D eigenvalue weighted by atomic mass is 16.5. The molecule has 0 radical (unpaired) electrons. The zero-order valence-corrected chi connectivity index (χ0v) is 18.4. The highest BCUT2D eigenvalue weighted by molar-refractivity contribution is 5.86. The van der Waals surface area contributed by atoms with Crippen molar-refractivity contribution in [2.45, 2.75) is 6.92 Å². The second kappa shape index (κ2) is 35.1. The first kappa shape index (κ1) is 39.2. The summed E-state index contributed by atoms with van der Waals surface area (Å²) in [5, 5.41) is 39.3. The highest BCUT2D eigenvalue weighted by Crippen LogP contribution is 1.87. The van der Waals surface area contributed by atoms with E-state index in [1.807, 2.05) is 0 Å². The van der Waals surface area contributed by atoms with Crippen molar-refractivity contribution >= 4 is 23.9 Å². The number of esters is 1. The zero-order valence-electron chi connectivity index (χ0n) is 18.4. The standard InChI is InChI=1S/C6H14O4.C5H8O2.3C3H4O2/c7-1-3-9-5-6-10-4-2-8;1-4(2)5(6)7-3;3*1-2-3(4)5/h7-8H,1-6H2;1H2,2-3H3;3*2H,1H2,(H,4,5). The van der Waals surface area contributed by atoms with Crippen molar-refractivity contribution in [3.63, 3.8) is 0 Å². The Balaban J connectivity index is -0.0000000984. The molecule has 5 N–H and O–H groups in total. The smallest absolute Gasteiger partial charge is 0.332 e. The van der Waals surface area contributed by atoms with Crippen LogP contribution in [0, 0.1) is 0 Å². The van der Waals surface area contributed by atoms with E-state index in [0.29, 0.717) is 32.0 Å². The van der Waals surface area contributed by atoms with Crippen molar-refractivity contribution in [1.29, 1.82) is 0 Å². The molecule has 0 saturated carbocycles. The van der Waals surface area contributed by atoms with Crippen molar-refractivity contribution in [1.82, 2.24) is 0 Å². The number of hydrogen-bond donors (Lipinski definition) is 5. The van der Waals surface area contributed by atoms with Crippen LogP contribution in [0.3, 0.4) is 0 Å². The normalized spacial score (nSPS) is 7.88. The lowest BCUT2D eigenvalue weighted by Gasteiger charge is -2.01. The number of carbonyl (C=O) groups excluding carboxylic acids is 1. The molecular formula is C20H34O12. The number of ether oxygens (including phenoxy) is 3. The van der Waals surface area contributed by atoms with E-state index >= 15 is 0 Å². The lowest BCUT2D eigenvalue weighted by atomic mass is 10.4. The minimum Gasteiger partial charge on any atom is -0.478 e. The SMILES string of the molecule is C=C(C)C(=O)OC.C=CC(=O)O.C=CC(=O)O.C=CC(=O)O.OCCOCCOCCO. The van der Waals surface area contributed by atoms with Gasteiger partial charge in [-0.05, 0) is 6.92 Å². The Bertz CT molecular complexity index is 490. The van der Waals surface area contributed by atoms with Crippen LogP contribution in [0.5, 0.6) is 0 Å². The second-order valence-corrected chi connectivity index (χ2v) is 4.57. The van der Waals surface area contributed by atoms with Gasteiger partial charge in [0, 0.05) is 23.8 Å². The van der Waals surface area contributed by atoms with E-state index in [2.05, 4.69) is 31.1 Å². The van der Waals surface area contributed by atoms with Crippen molar-refractivity contribution in [2.24, 2.45) is 0 Å². The number of aliphatic carboxylic acids is 3. The monoisotopic (exact) mass is 466 g/mol. The highest BCUT2D eigenvalue weighted by Gasteiger charge is 1.95. The first-order valence-electron chi connectivity index (χ1n) is 8.58. The molecule has 0 heterocycles. The van der Waals surface area contributed by atoms with E-state index in [9.17, 15) is 19.2 Å². The minimum atomic E-state index is -0.981. The van der Waals surface area contributed by atoms with Crippen molar-refractivity contribution in [3.05, 3.63) is 50.1 Å².